The van der Waals surface area contributed by atoms with Crippen LogP contribution >= 0.6 is 0 Å². The molecule has 0 unspecified atom stereocenters. The Morgan fingerprint density at radius 3 is 2.16 bits per heavy atom. The van der Waals surface area contributed by atoms with E-state index in [1.807, 2.05) is 12.1 Å². The zero-order valence-corrected chi connectivity index (χ0v) is 18.0. The maximum absolute atomic E-state index is 14.5. The Bertz CT molecular complexity index is 1140. The number of carbonyl (C=O) groups excluding carboxylic acids is 1. The molecule has 0 fully saturated rings. The van der Waals surface area contributed by atoms with E-state index in [1.54, 1.807) is 44.5 Å². The van der Waals surface area contributed by atoms with Crippen LogP contribution in [0.1, 0.15) is 5.56 Å². The molecule has 0 spiro atoms. The number of hydrogen-bond acceptors (Lipinski definition) is 4. The summed E-state index contributed by atoms with van der Waals surface area (Å²) in [5.74, 6) is -0.511. The number of nitrogens with zero attached hydrogens (tertiary/aromatic N) is 2. The Morgan fingerprint density at radius 1 is 0.935 bits per heavy atom. The first-order valence-corrected chi connectivity index (χ1v) is 11.0. The minimum absolute atomic E-state index is 0.0242. The number of anilines is 1. The highest BCUT2D eigenvalue weighted by molar-refractivity contribution is 7.92. The lowest BCUT2D eigenvalue weighted by atomic mass is 10.2. The molecule has 3 aromatic carbocycles. The van der Waals surface area contributed by atoms with Crippen molar-refractivity contribution in [2.75, 3.05) is 25.0 Å². The molecule has 6 nitrogen and oxygen atoms in total. The number of likely N-dealkylation sites (N-methyl/N-ethyl adjacent to an activating group) is 1. The van der Waals surface area contributed by atoms with Gasteiger partial charge in [0.05, 0.1) is 17.7 Å². The lowest BCUT2D eigenvalue weighted by Crippen LogP contribution is -2.41. The van der Waals surface area contributed by atoms with E-state index >= 15 is 0 Å². The maximum atomic E-state index is 14.5. The summed E-state index contributed by atoms with van der Waals surface area (Å²) in [6, 6.07) is 20.3. The number of ether oxygens (including phenoxy) is 1. The number of benzene rings is 3. The van der Waals surface area contributed by atoms with Gasteiger partial charge in [0, 0.05) is 13.6 Å². The third-order valence-electron chi connectivity index (χ3n) is 4.74. The van der Waals surface area contributed by atoms with Crippen LogP contribution in [0.5, 0.6) is 5.75 Å². The molecule has 8 heteroatoms. The molecule has 0 bridgehead atoms. The smallest absolute Gasteiger partial charge is 0.264 e. The van der Waals surface area contributed by atoms with E-state index in [2.05, 4.69) is 0 Å². The molecule has 0 aliphatic carbocycles. The summed E-state index contributed by atoms with van der Waals surface area (Å²) >= 11 is 0. The Balaban J connectivity index is 1.87. The quantitative estimate of drug-likeness (QED) is 0.534. The SMILES string of the molecule is COc1ccc(CN(C)C(=O)CN(c2ccccc2F)S(=O)(=O)c2ccccc2)cc1. The van der Waals surface area contributed by atoms with Crippen LogP contribution in [0.3, 0.4) is 0 Å². The van der Waals surface area contributed by atoms with Crippen molar-refractivity contribution in [3.8, 4) is 5.75 Å². The standard InChI is InChI=1S/C23H23FN2O4S/c1-25(16-18-12-14-19(30-2)15-13-18)23(27)17-26(22-11-7-6-10-21(22)24)31(28,29)20-8-4-3-5-9-20/h3-15H,16-17H2,1-2H3. The minimum Gasteiger partial charge on any atom is -0.497 e. The van der Waals surface area contributed by atoms with Gasteiger partial charge in [-0.2, -0.15) is 0 Å². The monoisotopic (exact) mass is 442 g/mol. The van der Waals surface area contributed by atoms with E-state index in [-0.39, 0.29) is 17.1 Å². The Labute approximate surface area is 181 Å². The Kier molecular flexibility index (Phi) is 6.91. The highest BCUT2D eigenvalue weighted by Gasteiger charge is 2.29. The molecule has 0 atom stereocenters. The van der Waals surface area contributed by atoms with E-state index < -0.39 is 28.3 Å². The van der Waals surface area contributed by atoms with Crippen LogP contribution in [0, 0.1) is 5.82 Å². The van der Waals surface area contributed by atoms with Gasteiger partial charge < -0.3 is 9.64 Å². The van der Waals surface area contributed by atoms with Crippen molar-refractivity contribution in [2.45, 2.75) is 11.4 Å². The van der Waals surface area contributed by atoms with Gasteiger partial charge in [0.1, 0.15) is 18.1 Å². The van der Waals surface area contributed by atoms with Crippen LogP contribution in [-0.4, -0.2) is 39.9 Å². The summed E-state index contributed by atoms with van der Waals surface area (Å²) in [6.45, 7) is -0.274. The summed E-state index contributed by atoms with van der Waals surface area (Å²) in [5, 5.41) is 0. The van der Waals surface area contributed by atoms with E-state index in [0.29, 0.717) is 5.75 Å². The predicted octanol–water partition coefficient (Wildman–Crippen LogP) is 3.69. The van der Waals surface area contributed by atoms with Crippen LogP contribution in [0.15, 0.2) is 83.8 Å². The van der Waals surface area contributed by atoms with Crippen molar-refractivity contribution >= 4 is 21.6 Å². The highest BCUT2D eigenvalue weighted by atomic mass is 32.2. The fourth-order valence-corrected chi connectivity index (χ4v) is 4.45. The van der Waals surface area contributed by atoms with Gasteiger partial charge in [-0.1, -0.05) is 42.5 Å². The van der Waals surface area contributed by atoms with Gasteiger partial charge in [0.25, 0.3) is 10.0 Å². The van der Waals surface area contributed by atoms with Gasteiger partial charge in [0.2, 0.25) is 5.91 Å². The largest absolute Gasteiger partial charge is 0.497 e. The van der Waals surface area contributed by atoms with Crippen LogP contribution in [-0.2, 0) is 21.4 Å². The maximum Gasteiger partial charge on any atom is 0.264 e. The summed E-state index contributed by atoms with van der Waals surface area (Å²) in [6.07, 6.45) is 0. The predicted molar refractivity (Wildman–Crippen MR) is 117 cm³/mol. The summed E-state index contributed by atoms with van der Waals surface area (Å²) in [7, 11) is -1.02. The van der Waals surface area contributed by atoms with Gasteiger partial charge in [-0.25, -0.2) is 12.8 Å². The molecule has 0 saturated heterocycles. The van der Waals surface area contributed by atoms with Gasteiger partial charge in [0.15, 0.2) is 0 Å². The summed E-state index contributed by atoms with van der Waals surface area (Å²) in [5.41, 5.74) is 0.664. The first kappa shape index (κ1) is 22.3. The molecule has 3 rings (SSSR count). The molecule has 162 valence electrons. The van der Waals surface area contributed by atoms with Gasteiger partial charge >= 0.3 is 0 Å². The third kappa shape index (κ3) is 5.21. The molecule has 0 radical (unpaired) electrons. The number of rotatable bonds is 8. The second-order valence-corrected chi connectivity index (χ2v) is 8.74. The van der Waals surface area contributed by atoms with Crippen LogP contribution in [0.4, 0.5) is 10.1 Å². The summed E-state index contributed by atoms with van der Waals surface area (Å²) < 4.78 is 46.9. The molecule has 0 aromatic heterocycles. The number of sulfonamides is 1. The molecule has 0 saturated carbocycles. The topological polar surface area (TPSA) is 66.9 Å². The number of amides is 1. The fraction of sp³-hybridized carbons (Fsp3) is 0.174. The molecular weight excluding hydrogens is 419 g/mol. The van der Waals surface area contributed by atoms with E-state index in [9.17, 15) is 17.6 Å². The highest BCUT2D eigenvalue weighted by Crippen LogP contribution is 2.26. The Hall–Kier alpha value is -3.39. The van der Waals surface area contributed by atoms with E-state index in [4.69, 9.17) is 4.74 Å². The second kappa shape index (κ2) is 9.61. The molecule has 31 heavy (non-hydrogen) atoms. The fourth-order valence-electron chi connectivity index (χ4n) is 3.01. The van der Waals surface area contributed by atoms with Crippen molar-refractivity contribution in [3.63, 3.8) is 0 Å². The molecule has 0 heterocycles. The zero-order valence-electron chi connectivity index (χ0n) is 17.2. The molecule has 0 N–H and O–H groups in total. The number of hydrogen-bond donors (Lipinski definition) is 0. The van der Waals surface area contributed by atoms with Crippen molar-refractivity contribution in [1.29, 1.82) is 0 Å². The second-order valence-electron chi connectivity index (χ2n) is 6.87. The van der Waals surface area contributed by atoms with Gasteiger partial charge in [-0.05, 0) is 42.0 Å². The average molecular weight is 443 g/mol. The number of para-hydroxylation sites is 1. The minimum atomic E-state index is -4.16. The number of methoxy groups -OCH3 is 1. The van der Waals surface area contributed by atoms with Crippen molar-refractivity contribution in [2.24, 2.45) is 0 Å². The molecule has 0 aliphatic heterocycles. The first-order chi connectivity index (χ1) is 14.8. The molecular formula is C23H23FN2O4S. The number of halogens is 1. The zero-order chi connectivity index (χ0) is 22.4. The van der Waals surface area contributed by atoms with Crippen LogP contribution in [0.2, 0.25) is 0 Å². The Morgan fingerprint density at radius 2 is 1.55 bits per heavy atom. The molecule has 0 aliphatic rings. The lowest BCUT2D eigenvalue weighted by molar-refractivity contribution is -0.128. The van der Waals surface area contributed by atoms with Gasteiger partial charge in [-0.15, -0.1) is 0 Å². The van der Waals surface area contributed by atoms with Gasteiger partial charge in [-0.3, -0.25) is 9.10 Å². The van der Waals surface area contributed by atoms with Crippen molar-refractivity contribution in [3.05, 3.63) is 90.2 Å². The summed E-state index contributed by atoms with van der Waals surface area (Å²) in [4.78, 5) is 14.3. The molecule has 1 amide bonds. The van der Waals surface area contributed by atoms with Crippen LogP contribution < -0.4 is 9.04 Å². The van der Waals surface area contributed by atoms with Crippen molar-refractivity contribution in [1.82, 2.24) is 4.90 Å². The van der Waals surface area contributed by atoms with Crippen molar-refractivity contribution < 1.29 is 22.3 Å². The van der Waals surface area contributed by atoms with E-state index in [0.717, 1.165) is 15.9 Å². The van der Waals surface area contributed by atoms with Crippen LogP contribution in [0.25, 0.3) is 0 Å². The van der Waals surface area contributed by atoms with E-state index in [1.165, 1.54) is 35.2 Å². The third-order valence-corrected chi connectivity index (χ3v) is 6.51. The average Bonchev–Trinajstić information content (AvgIpc) is 2.79. The number of carbonyl (C=O) groups is 1. The normalized spacial score (nSPS) is 11.1. The lowest BCUT2D eigenvalue weighted by Gasteiger charge is -2.27. The first-order valence-electron chi connectivity index (χ1n) is 9.52. The molecule has 3 aromatic rings.